The van der Waals surface area contributed by atoms with Gasteiger partial charge in [-0.1, -0.05) is 12.8 Å². The van der Waals surface area contributed by atoms with Gasteiger partial charge in [-0.05, 0) is 32.1 Å². The number of carbonyl (C=O) groups excluding carboxylic acids is 1. The molecule has 0 spiro atoms. The van der Waals surface area contributed by atoms with E-state index in [1.807, 2.05) is 6.92 Å². The lowest BCUT2D eigenvalue weighted by atomic mass is 9.78. The van der Waals surface area contributed by atoms with Crippen LogP contribution in [0.25, 0.3) is 0 Å². The molecule has 2 aliphatic rings. The van der Waals surface area contributed by atoms with Gasteiger partial charge in [0.05, 0.1) is 6.61 Å². The average Bonchev–Trinajstić information content (AvgIpc) is 2.17. The second kappa shape index (κ2) is 4.30. The Hall–Kier alpha value is -0.570. The van der Waals surface area contributed by atoms with E-state index in [4.69, 9.17) is 4.74 Å². The van der Waals surface area contributed by atoms with E-state index in [2.05, 4.69) is 5.32 Å². The maximum absolute atomic E-state index is 11.5. The summed E-state index contributed by atoms with van der Waals surface area (Å²) >= 11 is 0. The molecular formula is C11H19NO2. The van der Waals surface area contributed by atoms with Gasteiger partial charge in [-0.2, -0.15) is 0 Å². The molecule has 0 amide bonds. The summed E-state index contributed by atoms with van der Waals surface area (Å²) in [6, 6.07) is 0.538. The molecule has 2 bridgehead atoms. The Labute approximate surface area is 85.2 Å². The minimum atomic E-state index is -0.0518. The van der Waals surface area contributed by atoms with Crippen molar-refractivity contribution in [1.82, 2.24) is 5.32 Å². The zero-order valence-electron chi connectivity index (χ0n) is 8.79. The first-order valence-electron chi connectivity index (χ1n) is 5.72. The quantitative estimate of drug-likeness (QED) is 0.681. The zero-order valence-corrected chi connectivity index (χ0v) is 8.79. The summed E-state index contributed by atoms with van der Waals surface area (Å²) < 4.78 is 5.05. The predicted molar refractivity (Wildman–Crippen MR) is 53.9 cm³/mol. The van der Waals surface area contributed by atoms with Crippen molar-refractivity contribution in [3.05, 3.63) is 0 Å². The third-order valence-corrected chi connectivity index (χ3v) is 3.36. The summed E-state index contributed by atoms with van der Waals surface area (Å²) in [5.41, 5.74) is 0. The molecule has 0 aromatic carbocycles. The first-order chi connectivity index (χ1) is 6.79. The molecular weight excluding hydrogens is 178 g/mol. The lowest BCUT2D eigenvalue weighted by Crippen LogP contribution is -2.51. The van der Waals surface area contributed by atoms with Gasteiger partial charge in [0, 0.05) is 6.04 Å². The molecule has 0 radical (unpaired) electrons. The summed E-state index contributed by atoms with van der Waals surface area (Å²) in [6.07, 6.45) is 6.09. The summed E-state index contributed by atoms with van der Waals surface area (Å²) in [6.45, 7) is 2.36. The molecule has 80 valence electrons. The van der Waals surface area contributed by atoms with Crippen LogP contribution in [0.4, 0.5) is 0 Å². The van der Waals surface area contributed by atoms with Crippen LogP contribution >= 0.6 is 0 Å². The van der Waals surface area contributed by atoms with Crippen molar-refractivity contribution in [1.29, 1.82) is 0 Å². The standard InChI is InChI=1S/C11H19NO2/c1-2-14-11(13)10-7-8-4-3-5-9(6-8)12-10/h8-10,12H,2-7H2,1H3/t8-,9+,10+/m1/s1. The highest BCUT2D eigenvalue weighted by Gasteiger charge is 2.34. The Morgan fingerprint density at radius 3 is 3.00 bits per heavy atom. The van der Waals surface area contributed by atoms with Crippen molar-refractivity contribution in [3.63, 3.8) is 0 Å². The SMILES string of the molecule is CCOC(=O)[C@@H]1C[C@@H]2CCC[C@@H](C2)N1. The van der Waals surface area contributed by atoms with E-state index in [9.17, 15) is 4.79 Å². The Morgan fingerprint density at radius 1 is 1.43 bits per heavy atom. The molecule has 2 fully saturated rings. The molecule has 3 nitrogen and oxygen atoms in total. The average molecular weight is 197 g/mol. The summed E-state index contributed by atoms with van der Waals surface area (Å²) in [4.78, 5) is 11.5. The van der Waals surface area contributed by atoms with Crippen LogP contribution in [-0.4, -0.2) is 24.7 Å². The topological polar surface area (TPSA) is 38.3 Å². The molecule has 1 aliphatic heterocycles. The van der Waals surface area contributed by atoms with Crippen molar-refractivity contribution in [2.75, 3.05) is 6.61 Å². The number of nitrogens with one attached hydrogen (secondary N) is 1. The fourth-order valence-corrected chi connectivity index (χ4v) is 2.75. The third kappa shape index (κ3) is 2.08. The van der Waals surface area contributed by atoms with Crippen LogP contribution in [0.3, 0.4) is 0 Å². The Morgan fingerprint density at radius 2 is 2.29 bits per heavy atom. The number of piperidine rings is 1. The van der Waals surface area contributed by atoms with Gasteiger partial charge in [0.25, 0.3) is 0 Å². The van der Waals surface area contributed by atoms with Crippen molar-refractivity contribution in [2.45, 2.75) is 51.1 Å². The molecule has 2 rings (SSSR count). The van der Waals surface area contributed by atoms with Crippen LogP contribution in [-0.2, 0) is 9.53 Å². The smallest absolute Gasteiger partial charge is 0.323 e. The molecule has 1 N–H and O–H groups in total. The molecule has 3 atom stereocenters. The second-order valence-electron chi connectivity index (χ2n) is 4.44. The minimum absolute atomic E-state index is 0.0287. The molecule has 3 heteroatoms. The van der Waals surface area contributed by atoms with Crippen molar-refractivity contribution >= 4 is 5.97 Å². The molecule has 0 aromatic heterocycles. The van der Waals surface area contributed by atoms with Gasteiger partial charge < -0.3 is 10.1 Å². The molecule has 1 saturated heterocycles. The van der Waals surface area contributed by atoms with E-state index in [0.29, 0.717) is 12.6 Å². The van der Waals surface area contributed by atoms with E-state index in [-0.39, 0.29) is 12.0 Å². The number of rotatable bonds is 2. The lowest BCUT2D eigenvalue weighted by molar-refractivity contribution is -0.147. The highest BCUT2D eigenvalue weighted by molar-refractivity contribution is 5.76. The largest absolute Gasteiger partial charge is 0.465 e. The third-order valence-electron chi connectivity index (χ3n) is 3.36. The van der Waals surface area contributed by atoms with E-state index in [1.165, 1.54) is 25.7 Å². The van der Waals surface area contributed by atoms with Crippen molar-refractivity contribution in [2.24, 2.45) is 5.92 Å². The Bertz CT molecular complexity index is 205. The molecule has 0 aromatic rings. The van der Waals surface area contributed by atoms with Gasteiger partial charge in [-0.25, -0.2) is 0 Å². The number of ether oxygens (including phenoxy) is 1. The van der Waals surface area contributed by atoms with Crippen LogP contribution in [0.5, 0.6) is 0 Å². The number of fused-ring (bicyclic) bond motifs is 2. The minimum Gasteiger partial charge on any atom is -0.465 e. The van der Waals surface area contributed by atoms with Gasteiger partial charge in [0.1, 0.15) is 6.04 Å². The van der Waals surface area contributed by atoms with Gasteiger partial charge in [0.15, 0.2) is 0 Å². The number of hydrogen-bond donors (Lipinski definition) is 1. The first-order valence-corrected chi connectivity index (χ1v) is 5.72. The van der Waals surface area contributed by atoms with Crippen LogP contribution < -0.4 is 5.32 Å². The van der Waals surface area contributed by atoms with Crippen LogP contribution in [0.2, 0.25) is 0 Å². The van der Waals surface area contributed by atoms with Crippen molar-refractivity contribution < 1.29 is 9.53 Å². The normalized spacial score (nSPS) is 36.5. The van der Waals surface area contributed by atoms with E-state index in [1.54, 1.807) is 0 Å². The highest BCUT2D eigenvalue weighted by Crippen LogP contribution is 2.32. The molecule has 1 heterocycles. The Balaban J connectivity index is 1.91. The second-order valence-corrected chi connectivity index (χ2v) is 4.44. The monoisotopic (exact) mass is 197 g/mol. The maximum Gasteiger partial charge on any atom is 0.323 e. The van der Waals surface area contributed by atoms with Crippen LogP contribution in [0.15, 0.2) is 0 Å². The zero-order chi connectivity index (χ0) is 9.97. The highest BCUT2D eigenvalue weighted by atomic mass is 16.5. The number of esters is 1. The van der Waals surface area contributed by atoms with Gasteiger partial charge in [-0.15, -0.1) is 0 Å². The molecule has 1 aliphatic carbocycles. The lowest BCUT2D eigenvalue weighted by Gasteiger charge is -2.39. The first kappa shape index (κ1) is 9.97. The van der Waals surface area contributed by atoms with E-state index >= 15 is 0 Å². The van der Waals surface area contributed by atoms with E-state index < -0.39 is 0 Å². The van der Waals surface area contributed by atoms with Gasteiger partial charge >= 0.3 is 5.97 Å². The van der Waals surface area contributed by atoms with Crippen LogP contribution in [0.1, 0.15) is 39.0 Å². The maximum atomic E-state index is 11.5. The molecule has 0 unspecified atom stereocenters. The summed E-state index contributed by atoms with van der Waals surface area (Å²) in [5.74, 6) is 0.702. The molecule has 14 heavy (non-hydrogen) atoms. The number of hydrogen-bond acceptors (Lipinski definition) is 3. The van der Waals surface area contributed by atoms with E-state index in [0.717, 1.165) is 12.3 Å². The van der Waals surface area contributed by atoms with Crippen molar-refractivity contribution in [3.8, 4) is 0 Å². The number of carbonyl (C=O) groups is 1. The fourth-order valence-electron chi connectivity index (χ4n) is 2.75. The van der Waals surface area contributed by atoms with Gasteiger partial charge in [-0.3, -0.25) is 4.79 Å². The molecule has 1 saturated carbocycles. The summed E-state index contributed by atoms with van der Waals surface area (Å²) in [5, 5.41) is 3.39. The van der Waals surface area contributed by atoms with Crippen LogP contribution in [0, 0.1) is 5.92 Å². The summed E-state index contributed by atoms with van der Waals surface area (Å²) in [7, 11) is 0. The van der Waals surface area contributed by atoms with Gasteiger partial charge in [0.2, 0.25) is 0 Å². The Kier molecular flexibility index (Phi) is 3.06. The fraction of sp³-hybridized carbons (Fsp3) is 0.909. The predicted octanol–water partition coefficient (Wildman–Crippen LogP) is 1.47.